The fourth-order valence-electron chi connectivity index (χ4n) is 3.42. The van der Waals surface area contributed by atoms with Gasteiger partial charge in [0.05, 0.1) is 26.5 Å². The molecule has 3 aromatic rings. The molecular weight excluding hydrogens is 370 g/mol. The van der Waals surface area contributed by atoms with Gasteiger partial charge in [0.2, 0.25) is 0 Å². The largest absolute Gasteiger partial charge is 0.296 e. The predicted molar refractivity (Wildman–Crippen MR) is 98.5 cm³/mol. The van der Waals surface area contributed by atoms with Gasteiger partial charge in [0.15, 0.2) is 9.84 Å². The van der Waals surface area contributed by atoms with Crippen LogP contribution in [0.15, 0.2) is 58.2 Å². The van der Waals surface area contributed by atoms with Gasteiger partial charge in [-0.2, -0.15) is 0 Å². The number of sulfone groups is 1. The molecule has 1 unspecified atom stereocenters. The number of para-hydroxylation sites is 1. The molecule has 0 spiro atoms. The van der Waals surface area contributed by atoms with Gasteiger partial charge < -0.3 is 0 Å². The number of benzene rings is 2. The molecule has 0 saturated carbocycles. The summed E-state index contributed by atoms with van der Waals surface area (Å²) >= 11 is 0. The number of nitrogens with zero attached hydrogens (tertiary/aromatic N) is 3. The summed E-state index contributed by atoms with van der Waals surface area (Å²) in [6.45, 7) is 0.423. The molecule has 4 rings (SSSR count). The van der Waals surface area contributed by atoms with E-state index < -0.39 is 20.7 Å². The Labute approximate surface area is 154 Å². The van der Waals surface area contributed by atoms with Gasteiger partial charge in [-0.1, -0.05) is 12.1 Å². The number of aromatic nitrogens is 2. The summed E-state index contributed by atoms with van der Waals surface area (Å²) in [5.74, 6) is -0.123. The minimum atomic E-state index is -3.67. The van der Waals surface area contributed by atoms with Crippen LogP contribution in [0.1, 0.15) is 18.2 Å². The molecule has 138 valence electrons. The average molecular weight is 385 g/mol. The van der Waals surface area contributed by atoms with E-state index in [1.54, 1.807) is 28.8 Å². The van der Waals surface area contributed by atoms with Crippen molar-refractivity contribution in [1.82, 2.24) is 9.55 Å². The lowest BCUT2D eigenvalue weighted by molar-refractivity contribution is -0.384. The normalized spacial score (nSPS) is 16.4. The summed E-state index contributed by atoms with van der Waals surface area (Å²) in [6, 6.07) is 11.8. The van der Waals surface area contributed by atoms with Gasteiger partial charge >= 0.3 is 0 Å². The molecular formula is C18H15N3O5S. The van der Waals surface area contributed by atoms with Crippen molar-refractivity contribution in [2.75, 3.05) is 5.75 Å². The number of rotatable bonds is 4. The lowest BCUT2D eigenvalue weighted by Crippen LogP contribution is -2.22. The van der Waals surface area contributed by atoms with Crippen LogP contribution < -0.4 is 5.56 Å². The second-order valence-electron chi connectivity index (χ2n) is 6.46. The maximum absolute atomic E-state index is 12.7. The molecule has 2 heterocycles. The predicted octanol–water partition coefficient (Wildman–Crippen LogP) is 2.27. The number of hydrogen-bond acceptors (Lipinski definition) is 6. The topological polar surface area (TPSA) is 112 Å². The Morgan fingerprint density at radius 2 is 1.85 bits per heavy atom. The summed E-state index contributed by atoms with van der Waals surface area (Å²) in [5, 5.41) is 11.2. The molecule has 1 atom stereocenters. The van der Waals surface area contributed by atoms with E-state index in [2.05, 4.69) is 4.98 Å². The van der Waals surface area contributed by atoms with Gasteiger partial charge in [-0.05, 0) is 30.7 Å². The van der Waals surface area contributed by atoms with Crippen LogP contribution >= 0.6 is 0 Å². The van der Waals surface area contributed by atoms with Crippen LogP contribution in [0, 0.1) is 10.1 Å². The standard InChI is InChI=1S/C18H15N3O5S/c22-18-15-3-1-2-4-16(15)19-17-12(9-10-20(17)18)11-27(25,26)14-7-5-13(6-8-14)21(23)24/h1-8,12H,9-11H2. The monoisotopic (exact) mass is 385 g/mol. The third kappa shape index (κ3) is 2.99. The molecule has 1 aliphatic rings. The molecule has 1 aliphatic heterocycles. The number of non-ortho nitro benzene ring substituents is 1. The Kier molecular flexibility index (Phi) is 4.03. The Morgan fingerprint density at radius 3 is 2.56 bits per heavy atom. The van der Waals surface area contributed by atoms with E-state index in [4.69, 9.17) is 0 Å². The van der Waals surface area contributed by atoms with Crippen molar-refractivity contribution in [3.05, 3.63) is 74.8 Å². The molecule has 0 bridgehead atoms. The Morgan fingerprint density at radius 1 is 1.15 bits per heavy atom. The fraction of sp³-hybridized carbons (Fsp3) is 0.222. The fourth-order valence-corrected chi connectivity index (χ4v) is 5.01. The van der Waals surface area contributed by atoms with Crippen LogP contribution in [0.4, 0.5) is 5.69 Å². The summed E-state index contributed by atoms with van der Waals surface area (Å²) in [7, 11) is -3.67. The summed E-state index contributed by atoms with van der Waals surface area (Å²) in [6.07, 6.45) is 0.505. The Hall–Kier alpha value is -3.07. The van der Waals surface area contributed by atoms with Crippen LogP contribution in [-0.4, -0.2) is 28.6 Å². The smallest absolute Gasteiger partial charge is 0.269 e. The van der Waals surface area contributed by atoms with Crippen molar-refractivity contribution in [3.8, 4) is 0 Å². The molecule has 8 nitrogen and oxygen atoms in total. The van der Waals surface area contributed by atoms with Crippen LogP contribution in [-0.2, 0) is 16.4 Å². The SMILES string of the molecule is O=c1c2ccccc2nc2n1CCC2CS(=O)(=O)c1ccc([N+](=O)[O-])cc1. The molecule has 0 radical (unpaired) electrons. The maximum atomic E-state index is 12.7. The second kappa shape index (κ2) is 6.27. The first kappa shape index (κ1) is 17.3. The van der Waals surface area contributed by atoms with E-state index in [1.165, 1.54) is 24.3 Å². The van der Waals surface area contributed by atoms with Crippen LogP contribution in [0.2, 0.25) is 0 Å². The molecule has 1 aromatic heterocycles. The van der Waals surface area contributed by atoms with E-state index in [9.17, 15) is 23.3 Å². The minimum Gasteiger partial charge on any atom is -0.296 e. The molecule has 0 fully saturated rings. The van der Waals surface area contributed by atoms with Crippen molar-refractivity contribution in [2.24, 2.45) is 0 Å². The first-order chi connectivity index (χ1) is 12.9. The third-order valence-electron chi connectivity index (χ3n) is 4.78. The molecule has 9 heteroatoms. The highest BCUT2D eigenvalue weighted by Crippen LogP contribution is 2.30. The molecule has 27 heavy (non-hydrogen) atoms. The van der Waals surface area contributed by atoms with E-state index in [0.29, 0.717) is 29.7 Å². The zero-order valence-corrected chi connectivity index (χ0v) is 14.9. The van der Waals surface area contributed by atoms with E-state index >= 15 is 0 Å². The first-order valence-electron chi connectivity index (χ1n) is 8.33. The van der Waals surface area contributed by atoms with Crippen molar-refractivity contribution < 1.29 is 13.3 Å². The van der Waals surface area contributed by atoms with Gasteiger partial charge in [-0.15, -0.1) is 0 Å². The molecule has 0 saturated heterocycles. The van der Waals surface area contributed by atoms with Gasteiger partial charge in [-0.25, -0.2) is 13.4 Å². The summed E-state index contributed by atoms with van der Waals surface area (Å²) in [5.41, 5.74) is 0.221. The number of hydrogen-bond donors (Lipinski definition) is 0. The highest BCUT2D eigenvalue weighted by Gasteiger charge is 2.31. The quantitative estimate of drug-likeness (QED) is 0.503. The Bertz CT molecular complexity index is 1220. The van der Waals surface area contributed by atoms with Gasteiger partial charge in [0.25, 0.3) is 11.2 Å². The highest BCUT2D eigenvalue weighted by molar-refractivity contribution is 7.91. The molecule has 0 aliphatic carbocycles. The van der Waals surface area contributed by atoms with Crippen LogP contribution in [0.25, 0.3) is 10.9 Å². The van der Waals surface area contributed by atoms with Crippen molar-refractivity contribution in [2.45, 2.75) is 23.8 Å². The molecule has 0 N–H and O–H groups in total. The highest BCUT2D eigenvalue weighted by atomic mass is 32.2. The maximum Gasteiger partial charge on any atom is 0.269 e. The van der Waals surface area contributed by atoms with Crippen LogP contribution in [0.5, 0.6) is 0 Å². The second-order valence-corrected chi connectivity index (χ2v) is 8.50. The van der Waals surface area contributed by atoms with E-state index in [0.717, 1.165) is 0 Å². The van der Waals surface area contributed by atoms with Crippen molar-refractivity contribution in [1.29, 1.82) is 0 Å². The first-order valence-corrected chi connectivity index (χ1v) is 9.99. The van der Waals surface area contributed by atoms with E-state index in [-0.39, 0.29) is 21.9 Å². The van der Waals surface area contributed by atoms with Crippen molar-refractivity contribution >= 4 is 26.4 Å². The Balaban J connectivity index is 1.69. The summed E-state index contributed by atoms with van der Waals surface area (Å²) < 4.78 is 27.0. The zero-order valence-electron chi connectivity index (χ0n) is 14.1. The lowest BCUT2D eigenvalue weighted by Gasteiger charge is -2.12. The number of nitro groups is 1. The molecule has 2 aromatic carbocycles. The zero-order chi connectivity index (χ0) is 19.2. The lowest BCUT2D eigenvalue weighted by atomic mass is 10.1. The summed E-state index contributed by atoms with van der Waals surface area (Å²) in [4.78, 5) is 27.3. The molecule has 0 amide bonds. The number of nitro benzene ring substituents is 1. The average Bonchev–Trinajstić information content (AvgIpc) is 3.04. The van der Waals surface area contributed by atoms with Gasteiger partial charge in [0.1, 0.15) is 5.82 Å². The van der Waals surface area contributed by atoms with Crippen LogP contribution in [0.3, 0.4) is 0 Å². The van der Waals surface area contributed by atoms with Gasteiger partial charge in [0, 0.05) is 24.6 Å². The van der Waals surface area contributed by atoms with Crippen molar-refractivity contribution in [3.63, 3.8) is 0 Å². The van der Waals surface area contributed by atoms with E-state index in [1.807, 2.05) is 0 Å². The third-order valence-corrected chi connectivity index (χ3v) is 6.62. The minimum absolute atomic E-state index is 0.0229. The van der Waals surface area contributed by atoms with Gasteiger partial charge in [-0.3, -0.25) is 19.5 Å². The number of fused-ring (bicyclic) bond motifs is 2.